The van der Waals surface area contributed by atoms with E-state index in [-0.39, 0.29) is 0 Å². The van der Waals surface area contributed by atoms with Crippen LogP contribution in [0.3, 0.4) is 0 Å². The average Bonchev–Trinajstić information content (AvgIpc) is 2.03. The van der Waals surface area contributed by atoms with Gasteiger partial charge >= 0.3 is 0 Å². The first-order valence-corrected chi connectivity index (χ1v) is 4.15. The Bertz CT molecular complexity index is 129. The van der Waals surface area contributed by atoms with E-state index in [0.29, 0.717) is 0 Å². The van der Waals surface area contributed by atoms with Crippen molar-refractivity contribution in [3.8, 4) is 0 Å². The van der Waals surface area contributed by atoms with Crippen LogP contribution in [0.4, 0.5) is 0 Å². The molecule has 0 amide bonds. The Morgan fingerprint density at radius 3 is 2.45 bits per heavy atom. The summed E-state index contributed by atoms with van der Waals surface area (Å²) >= 11 is 0. The number of hydrogen-bond acceptors (Lipinski definition) is 0. The molecule has 0 unspecified atom stereocenters. The third kappa shape index (κ3) is 9.22. The number of allylic oxidation sites excluding steroid dienone is 5. The standard InChI is InChI=1S/C11H17/c1-3-5-7-9-11-10-8-6-4-2/h3,5,7,9,11H,1-2,4,6,8,10H2/b7-5+,11-9+. The highest BCUT2D eigenvalue weighted by atomic mass is 13.9. The highest BCUT2D eigenvalue weighted by Gasteiger charge is 1.79. The zero-order chi connectivity index (χ0) is 8.36. The molecule has 0 fully saturated rings. The Kier molecular flexibility index (Phi) is 8.57. The lowest BCUT2D eigenvalue weighted by atomic mass is 10.2. The molecule has 0 aliphatic heterocycles. The third-order valence-corrected chi connectivity index (χ3v) is 1.37. The van der Waals surface area contributed by atoms with E-state index in [1.165, 1.54) is 12.8 Å². The maximum absolute atomic E-state index is 3.78. The minimum Gasteiger partial charge on any atom is -0.0991 e. The lowest BCUT2D eigenvalue weighted by molar-refractivity contribution is 0.760. The van der Waals surface area contributed by atoms with Crippen LogP contribution in [0, 0.1) is 6.92 Å². The second-order valence-corrected chi connectivity index (χ2v) is 2.40. The monoisotopic (exact) mass is 149 g/mol. The van der Waals surface area contributed by atoms with Gasteiger partial charge in [0.25, 0.3) is 0 Å². The van der Waals surface area contributed by atoms with E-state index in [9.17, 15) is 0 Å². The van der Waals surface area contributed by atoms with Gasteiger partial charge in [-0.2, -0.15) is 0 Å². The molecule has 0 saturated carbocycles. The lowest BCUT2D eigenvalue weighted by Crippen LogP contribution is -1.69. The first-order chi connectivity index (χ1) is 5.41. The van der Waals surface area contributed by atoms with Gasteiger partial charge < -0.3 is 0 Å². The van der Waals surface area contributed by atoms with E-state index in [0.717, 1.165) is 12.8 Å². The minimum absolute atomic E-state index is 1.05. The fraction of sp³-hybridized carbons (Fsp3) is 0.364. The van der Waals surface area contributed by atoms with E-state index in [1.807, 2.05) is 12.2 Å². The van der Waals surface area contributed by atoms with Gasteiger partial charge in [0.1, 0.15) is 0 Å². The van der Waals surface area contributed by atoms with E-state index in [1.54, 1.807) is 6.08 Å². The summed E-state index contributed by atoms with van der Waals surface area (Å²) in [5.74, 6) is 0. The Morgan fingerprint density at radius 2 is 1.82 bits per heavy atom. The normalized spacial score (nSPS) is 11.4. The molecule has 0 bridgehead atoms. The predicted octanol–water partition coefficient (Wildman–Crippen LogP) is 3.68. The Hall–Kier alpha value is -0.780. The first-order valence-electron chi connectivity index (χ1n) is 4.15. The Balaban J connectivity index is 3.15. The van der Waals surface area contributed by atoms with Crippen LogP contribution >= 0.6 is 0 Å². The second-order valence-electron chi connectivity index (χ2n) is 2.40. The molecule has 0 spiro atoms. The van der Waals surface area contributed by atoms with Crippen molar-refractivity contribution in [3.05, 3.63) is 43.9 Å². The van der Waals surface area contributed by atoms with Crippen LogP contribution in [0.5, 0.6) is 0 Å². The van der Waals surface area contributed by atoms with Gasteiger partial charge in [-0.15, -0.1) is 0 Å². The molecule has 0 aromatic heterocycles. The van der Waals surface area contributed by atoms with Crippen LogP contribution in [0.15, 0.2) is 37.0 Å². The zero-order valence-corrected chi connectivity index (χ0v) is 7.13. The summed E-state index contributed by atoms with van der Waals surface area (Å²) in [7, 11) is 0. The number of unbranched alkanes of at least 4 members (excludes halogenated alkanes) is 3. The van der Waals surface area contributed by atoms with Gasteiger partial charge in [-0.05, 0) is 12.8 Å². The molecule has 0 heterocycles. The third-order valence-electron chi connectivity index (χ3n) is 1.37. The van der Waals surface area contributed by atoms with Crippen molar-refractivity contribution in [1.29, 1.82) is 0 Å². The minimum atomic E-state index is 1.05. The van der Waals surface area contributed by atoms with E-state index < -0.39 is 0 Å². The molecule has 0 N–H and O–H groups in total. The maximum Gasteiger partial charge on any atom is -0.0348 e. The highest BCUT2D eigenvalue weighted by molar-refractivity contribution is 5.08. The predicted molar refractivity (Wildman–Crippen MR) is 52.3 cm³/mol. The van der Waals surface area contributed by atoms with Crippen LogP contribution in [-0.4, -0.2) is 0 Å². The number of hydrogen-bond donors (Lipinski definition) is 0. The van der Waals surface area contributed by atoms with Gasteiger partial charge in [0.15, 0.2) is 0 Å². The van der Waals surface area contributed by atoms with Gasteiger partial charge in [-0.25, -0.2) is 0 Å². The summed E-state index contributed by atoms with van der Waals surface area (Å²) in [4.78, 5) is 0. The smallest absolute Gasteiger partial charge is 0.0348 e. The van der Waals surface area contributed by atoms with E-state index >= 15 is 0 Å². The van der Waals surface area contributed by atoms with Crippen LogP contribution < -0.4 is 0 Å². The highest BCUT2D eigenvalue weighted by Crippen LogP contribution is 1.98. The van der Waals surface area contributed by atoms with E-state index in [2.05, 4.69) is 25.7 Å². The van der Waals surface area contributed by atoms with Gasteiger partial charge in [-0.3, -0.25) is 0 Å². The van der Waals surface area contributed by atoms with E-state index in [4.69, 9.17) is 0 Å². The summed E-state index contributed by atoms with van der Waals surface area (Å²) in [6, 6.07) is 0. The largest absolute Gasteiger partial charge is 0.0991 e. The molecule has 11 heavy (non-hydrogen) atoms. The summed E-state index contributed by atoms with van der Waals surface area (Å²) in [5, 5.41) is 0. The molecule has 0 aliphatic rings. The molecule has 0 aliphatic carbocycles. The molecule has 0 heteroatoms. The van der Waals surface area contributed by atoms with Crippen LogP contribution in [0.25, 0.3) is 0 Å². The van der Waals surface area contributed by atoms with Crippen LogP contribution in [-0.2, 0) is 0 Å². The SMILES string of the molecule is [CH2]CCCC/C=C/C=C/C=C. The molecule has 0 aromatic carbocycles. The summed E-state index contributed by atoms with van der Waals surface area (Å²) < 4.78 is 0. The van der Waals surface area contributed by atoms with Crippen molar-refractivity contribution < 1.29 is 0 Å². The molecule has 0 rings (SSSR count). The van der Waals surface area contributed by atoms with Crippen molar-refractivity contribution in [2.24, 2.45) is 0 Å². The van der Waals surface area contributed by atoms with Crippen molar-refractivity contribution in [2.45, 2.75) is 25.7 Å². The second kappa shape index (κ2) is 9.22. The lowest BCUT2D eigenvalue weighted by Gasteiger charge is -1.89. The summed E-state index contributed by atoms with van der Waals surface area (Å²) in [6.07, 6.45) is 14.6. The molecule has 0 aromatic rings. The van der Waals surface area contributed by atoms with Crippen molar-refractivity contribution in [3.63, 3.8) is 0 Å². The van der Waals surface area contributed by atoms with Crippen LogP contribution in [0.1, 0.15) is 25.7 Å². The average molecular weight is 149 g/mol. The van der Waals surface area contributed by atoms with Gasteiger partial charge in [0.2, 0.25) is 0 Å². The summed E-state index contributed by atoms with van der Waals surface area (Å²) in [5.41, 5.74) is 0. The number of rotatable bonds is 6. The zero-order valence-electron chi connectivity index (χ0n) is 7.13. The van der Waals surface area contributed by atoms with Crippen molar-refractivity contribution in [1.82, 2.24) is 0 Å². The maximum atomic E-state index is 3.78. The Labute approximate surface area is 70.3 Å². The fourth-order valence-electron chi connectivity index (χ4n) is 0.756. The molecule has 0 atom stereocenters. The van der Waals surface area contributed by atoms with Gasteiger partial charge in [-0.1, -0.05) is 56.7 Å². The first kappa shape index (κ1) is 10.2. The molecule has 61 valence electrons. The fourth-order valence-corrected chi connectivity index (χ4v) is 0.756. The molecule has 0 nitrogen and oxygen atoms in total. The molecule has 1 radical (unpaired) electrons. The summed E-state index contributed by atoms with van der Waals surface area (Å²) in [6.45, 7) is 7.36. The molecular weight excluding hydrogens is 132 g/mol. The van der Waals surface area contributed by atoms with Crippen molar-refractivity contribution >= 4 is 0 Å². The van der Waals surface area contributed by atoms with Gasteiger partial charge in [0.05, 0.1) is 0 Å². The molecule has 0 saturated heterocycles. The van der Waals surface area contributed by atoms with Gasteiger partial charge in [0, 0.05) is 0 Å². The Morgan fingerprint density at radius 1 is 1.00 bits per heavy atom. The van der Waals surface area contributed by atoms with Crippen LogP contribution in [0.2, 0.25) is 0 Å². The molecular formula is C11H17. The topological polar surface area (TPSA) is 0 Å². The quantitative estimate of drug-likeness (QED) is 0.399. The van der Waals surface area contributed by atoms with Crippen molar-refractivity contribution in [2.75, 3.05) is 0 Å².